The van der Waals surface area contributed by atoms with E-state index in [9.17, 15) is 0 Å². The molecule has 0 aromatic carbocycles. The van der Waals surface area contributed by atoms with Crippen LogP contribution in [0.3, 0.4) is 0 Å². The van der Waals surface area contributed by atoms with Gasteiger partial charge >= 0.3 is 0 Å². The Bertz CT molecular complexity index is 958. The van der Waals surface area contributed by atoms with E-state index in [1.165, 1.54) is 37.0 Å². The molecule has 0 aliphatic heterocycles. The molecule has 3 aromatic rings. The van der Waals surface area contributed by atoms with E-state index in [2.05, 4.69) is 49.2 Å². The second-order valence-corrected chi connectivity index (χ2v) is 8.91. The van der Waals surface area contributed by atoms with E-state index < -0.39 is 0 Å². The molecular weight excluding hydrogens is 519 g/mol. The first-order valence-corrected chi connectivity index (χ1v) is 11.5. The fourth-order valence-corrected chi connectivity index (χ4v) is 5.25. The third-order valence-electron chi connectivity index (χ3n) is 6.01. The van der Waals surface area contributed by atoms with Crippen molar-refractivity contribution in [1.82, 2.24) is 25.2 Å². The lowest BCUT2D eigenvalue weighted by molar-refractivity contribution is 0.296. The molecule has 166 valence electrons. The second kappa shape index (κ2) is 11.1. The van der Waals surface area contributed by atoms with Crippen LogP contribution in [0.4, 0.5) is 0 Å². The molecular formula is C23H31IN6S. The van der Waals surface area contributed by atoms with E-state index in [1.54, 1.807) is 6.20 Å². The lowest BCUT2D eigenvalue weighted by Crippen LogP contribution is -2.46. The topological polar surface area (TPSA) is 67.1 Å². The number of nitrogens with one attached hydrogen (secondary N) is 2. The minimum atomic E-state index is 0. The van der Waals surface area contributed by atoms with Crippen LogP contribution >= 0.6 is 35.3 Å². The molecule has 1 fully saturated rings. The Kier molecular flexibility index (Phi) is 8.48. The highest BCUT2D eigenvalue weighted by Crippen LogP contribution is 2.41. The van der Waals surface area contributed by atoms with E-state index in [0.29, 0.717) is 6.54 Å². The van der Waals surface area contributed by atoms with Crippen molar-refractivity contribution in [3.8, 4) is 5.82 Å². The normalized spacial score (nSPS) is 15.9. The van der Waals surface area contributed by atoms with E-state index in [-0.39, 0.29) is 29.4 Å². The van der Waals surface area contributed by atoms with E-state index in [0.717, 1.165) is 29.7 Å². The number of nitrogens with zero attached hydrogens (tertiary/aromatic N) is 4. The predicted octanol–water partition coefficient (Wildman–Crippen LogP) is 4.82. The molecule has 31 heavy (non-hydrogen) atoms. The molecule has 1 aliphatic rings. The highest BCUT2D eigenvalue weighted by Gasteiger charge is 2.34. The number of rotatable bonds is 6. The van der Waals surface area contributed by atoms with Crippen molar-refractivity contribution in [3.05, 3.63) is 64.5 Å². The monoisotopic (exact) mass is 550 g/mol. The number of imidazole rings is 1. The summed E-state index contributed by atoms with van der Waals surface area (Å²) in [7, 11) is 1.83. The molecule has 0 atom stereocenters. The average molecular weight is 551 g/mol. The number of aliphatic imine (C=N–C) groups is 1. The van der Waals surface area contributed by atoms with Gasteiger partial charge in [-0.25, -0.2) is 9.97 Å². The van der Waals surface area contributed by atoms with Crippen molar-refractivity contribution in [1.29, 1.82) is 0 Å². The van der Waals surface area contributed by atoms with Crippen molar-refractivity contribution in [2.24, 2.45) is 4.99 Å². The standard InChI is InChI=1S/C23H30N6S.HI/c1-18-25-12-13-29(18)21-9-8-19(15-26-21)16-27-22(24-2)28-17-23(10-4-3-5-11-23)20-7-6-14-30-20;/h6-9,12-15H,3-5,10-11,16-17H2,1-2H3,(H2,24,27,28);1H. The largest absolute Gasteiger partial charge is 0.355 e. The lowest BCUT2D eigenvalue weighted by Gasteiger charge is -2.37. The summed E-state index contributed by atoms with van der Waals surface area (Å²) in [6.45, 7) is 3.58. The molecule has 0 radical (unpaired) electrons. The van der Waals surface area contributed by atoms with Crippen molar-refractivity contribution < 1.29 is 0 Å². The van der Waals surface area contributed by atoms with Crippen LogP contribution in [-0.2, 0) is 12.0 Å². The molecule has 0 spiro atoms. The fourth-order valence-electron chi connectivity index (χ4n) is 4.26. The van der Waals surface area contributed by atoms with Gasteiger partial charge in [-0.15, -0.1) is 35.3 Å². The minimum Gasteiger partial charge on any atom is -0.355 e. The third-order valence-corrected chi connectivity index (χ3v) is 7.13. The zero-order chi connectivity index (χ0) is 20.8. The highest BCUT2D eigenvalue weighted by molar-refractivity contribution is 14.0. The van der Waals surface area contributed by atoms with Crippen molar-refractivity contribution in [2.45, 2.75) is 51.0 Å². The Morgan fingerprint density at radius 3 is 2.61 bits per heavy atom. The molecule has 8 heteroatoms. The SMILES string of the molecule is CN=C(NCc1ccc(-n2ccnc2C)nc1)NCC1(c2cccs2)CCCCC1.I. The molecule has 0 bridgehead atoms. The van der Waals surface area contributed by atoms with Gasteiger partial charge in [-0.2, -0.15) is 0 Å². The summed E-state index contributed by atoms with van der Waals surface area (Å²) >= 11 is 1.88. The van der Waals surface area contributed by atoms with E-state index >= 15 is 0 Å². The maximum Gasteiger partial charge on any atom is 0.191 e. The summed E-state index contributed by atoms with van der Waals surface area (Å²) in [4.78, 5) is 14.8. The van der Waals surface area contributed by atoms with E-state index in [4.69, 9.17) is 0 Å². The average Bonchev–Trinajstić information content (AvgIpc) is 3.47. The smallest absolute Gasteiger partial charge is 0.191 e. The molecule has 3 aromatic heterocycles. The molecule has 3 heterocycles. The van der Waals surface area contributed by atoms with Crippen LogP contribution < -0.4 is 10.6 Å². The van der Waals surface area contributed by atoms with Crippen LogP contribution in [0.15, 0.2) is 53.2 Å². The van der Waals surface area contributed by atoms with Gasteiger partial charge in [-0.05, 0) is 42.8 Å². The number of guanidine groups is 1. The van der Waals surface area contributed by atoms with Crippen LogP contribution in [0.2, 0.25) is 0 Å². The summed E-state index contributed by atoms with van der Waals surface area (Å²) in [5.74, 6) is 2.65. The lowest BCUT2D eigenvalue weighted by atomic mass is 9.73. The first-order chi connectivity index (χ1) is 14.7. The Morgan fingerprint density at radius 2 is 2.00 bits per heavy atom. The maximum atomic E-state index is 4.57. The van der Waals surface area contributed by atoms with Gasteiger partial charge < -0.3 is 10.6 Å². The number of hydrogen-bond donors (Lipinski definition) is 2. The molecule has 0 unspecified atom stereocenters. The molecule has 4 rings (SSSR count). The van der Waals surface area contributed by atoms with Crippen LogP contribution in [0.1, 0.15) is 48.4 Å². The first kappa shape index (κ1) is 23.7. The number of aryl methyl sites for hydroxylation is 1. The van der Waals surface area contributed by atoms with Crippen LogP contribution in [0.5, 0.6) is 0 Å². The van der Waals surface area contributed by atoms with Crippen molar-refractivity contribution in [2.75, 3.05) is 13.6 Å². The second-order valence-electron chi connectivity index (χ2n) is 7.97. The van der Waals surface area contributed by atoms with Gasteiger partial charge in [0.05, 0.1) is 0 Å². The van der Waals surface area contributed by atoms with Gasteiger partial charge in [-0.3, -0.25) is 9.56 Å². The highest BCUT2D eigenvalue weighted by atomic mass is 127. The predicted molar refractivity (Wildman–Crippen MR) is 139 cm³/mol. The molecule has 0 amide bonds. The zero-order valence-corrected chi connectivity index (χ0v) is 21.3. The van der Waals surface area contributed by atoms with Gasteiger partial charge in [0, 0.05) is 49.0 Å². The molecule has 1 saturated carbocycles. The van der Waals surface area contributed by atoms with Gasteiger partial charge in [-0.1, -0.05) is 31.4 Å². The Hall–Kier alpha value is -1.94. The summed E-state index contributed by atoms with van der Waals surface area (Å²) in [6, 6.07) is 8.58. The van der Waals surface area contributed by atoms with Crippen LogP contribution in [0.25, 0.3) is 5.82 Å². The number of thiophene rings is 1. The number of aromatic nitrogens is 3. The summed E-state index contributed by atoms with van der Waals surface area (Å²) in [5, 5.41) is 9.22. The minimum absolute atomic E-state index is 0. The Balaban J connectivity index is 0.00000272. The van der Waals surface area contributed by atoms with Gasteiger partial charge in [0.2, 0.25) is 0 Å². The van der Waals surface area contributed by atoms with Crippen LogP contribution in [-0.4, -0.2) is 34.1 Å². The summed E-state index contributed by atoms with van der Waals surface area (Å²) < 4.78 is 1.98. The van der Waals surface area contributed by atoms with Gasteiger partial charge in [0.15, 0.2) is 5.96 Å². The van der Waals surface area contributed by atoms with Crippen LogP contribution in [0, 0.1) is 6.92 Å². The van der Waals surface area contributed by atoms with Gasteiger partial charge in [0.25, 0.3) is 0 Å². The van der Waals surface area contributed by atoms with Crippen molar-refractivity contribution >= 4 is 41.3 Å². The zero-order valence-electron chi connectivity index (χ0n) is 18.2. The number of pyridine rings is 1. The van der Waals surface area contributed by atoms with Gasteiger partial charge in [0.1, 0.15) is 11.6 Å². The Morgan fingerprint density at radius 1 is 1.16 bits per heavy atom. The number of hydrogen-bond acceptors (Lipinski definition) is 4. The third kappa shape index (κ3) is 5.65. The molecule has 0 saturated heterocycles. The quantitative estimate of drug-likeness (QED) is 0.263. The fraction of sp³-hybridized carbons (Fsp3) is 0.435. The van der Waals surface area contributed by atoms with E-state index in [1.807, 2.05) is 48.3 Å². The van der Waals surface area contributed by atoms with Crippen molar-refractivity contribution in [3.63, 3.8) is 0 Å². The summed E-state index contributed by atoms with van der Waals surface area (Å²) in [6.07, 6.45) is 12.1. The molecule has 6 nitrogen and oxygen atoms in total. The summed E-state index contributed by atoms with van der Waals surface area (Å²) in [5.41, 5.74) is 1.35. The number of halogens is 1. The molecule has 1 aliphatic carbocycles. The maximum absolute atomic E-state index is 4.57. The Labute approximate surface area is 205 Å². The molecule has 2 N–H and O–H groups in total. The first-order valence-electron chi connectivity index (χ1n) is 10.6.